The van der Waals surface area contributed by atoms with E-state index in [9.17, 15) is 12.8 Å². The van der Waals surface area contributed by atoms with E-state index in [0.717, 1.165) is 19.3 Å². The lowest BCUT2D eigenvalue weighted by molar-refractivity contribution is -0.0823. The molecular formula is C19H22FNO4S. The molecular weight excluding hydrogens is 357 g/mol. The smallest absolute Gasteiger partial charge is 0.265 e. The van der Waals surface area contributed by atoms with E-state index < -0.39 is 28.1 Å². The molecule has 26 heavy (non-hydrogen) atoms. The Balaban J connectivity index is 1.79. The molecule has 0 saturated carbocycles. The number of hydrogen-bond acceptors (Lipinski definition) is 5. The van der Waals surface area contributed by atoms with Crippen molar-refractivity contribution in [3.05, 3.63) is 71.5 Å². The van der Waals surface area contributed by atoms with E-state index in [1.165, 1.54) is 23.8 Å². The fraction of sp³-hybridized carbons (Fsp3) is 0.368. The Morgan fingerprint density at radius 1 is 1.23 bits per heavy atom. The van der Waals surface area contributed by atoms with E-state index in [1.807, 2.05) is 30.3 Å². The predicted octanol–water partition coefficient (Wildman–Crippen LogP) is 2.74. The highest BCUT2D eigenvalue weighted by Gasteiger charge is 2.33. The highest BCUT2D eigenvalue weighted by molar-refractivity contribution is 7.86. The van der Waals surface area contributed by atoms with Crippen molar-refractivity contribution in [3.8, 4) is 0 Å². The Morgan fingerprint density at radius 3 is 2.69 bits per heavy atom. The van der Waals surface area contributed by atoms with Crippen LogP contribution in [0.2, 0.25) is 0 Å². The van der Waals surface area contributed by atoms with Crippen LogP contribution in [0.1, 0.15) is 17.2 Å². The van der Waals surface area contributed by atoms with Gasteiger partial charge in [0.2, 0.25) is 0 Å². The van der Waals surface area contributed by atoms with E-state index in [-0.39, 0.29) is 0 Å². The summed E-state index contributed by atoms with van der Waals surface area (Å²) in [6.07, 6.45) is -0.410. The summed E-state index contributed by atoms with van der Waals surface area (Å²) in [5, 5.41) is 0. The third kappa shape index (κ3) is 5.35. The number of ether oxygens (including phenoxy) is 1. The van der Waals surface area contributed by atoms with Gasteiger partial charge < -0.3 is 4.74 Å². The molecule has 0 bridgehead atoms. The Bertz CT molecular complexity index is 828. The minimum atomic E-state index is -3.73. The van der Waals surface area contributed by atoms with Gasteiger partial charge in [-0.3, -0.25) is 9.08 Å². The van der Waals surface area contributed by atoms with Gasteiger partial charge >= 0.3 is 0 Å². The molecule has 0 radical (unpaired) electrons. The number of halogens is 1. The van der Waals surface area contributed by atoms with Gasteiger partial charge in [-0.05, 0) is 23.3 Å². The van der Waals surface area contributed by atoms with Gasteiger partial charge in [0, 0.05) is 19.6 Å². The average Bonchev–Trinajstić information content (AvgIpc) is 2.60. The summed E-state index contributed by atoms with van der Waals surface area (Å²) >= 11 is 0. The molecule has 7 heteroatoms. The third-order valence-corrected chi connectivity index (χ3v) is 4.78. The molecule has 1 saturated heterocycles. The predicted molar refractivity (Wildman–Crippen MR) is 96.5 cm³/mol. The topological polar surface area (TPSA) is 55.8 Å². The van der Waals surface area contributed by atoms with Crippen LogP contribution < -0.4 is 0 Å². The van der Waals surface area contributed by atoms with Gasteiger partial charge in [0.15, 0.2) is 0 Å². The van der Waals surface area contributed by atoms with Crippen LogP contribution in [-0.4, -0.2) is 45.4 Å². The molecule has 2 atom stereocenters. The Hall–Kier alpha value is -1.80. The third-order valence-electron chi connectivity index (χ3n) is 4.22. The van der Waals surface area contributed by atoms with E-state index in [0.29, 0.717) is 18.7 Å². The maximum atomic E-state index is 13.6. The summed E-state index contributed by atoms with van der Waals surface area (Å²) in [6.45, 7) is 2.41. The van der Waals surface area contributed by atoms with Gasteiger partial charge in [0.25, 0.3) is 10.1 Å². The standard InChI is InChI=1S/C19H22FNO4S/c1-26(22,23)25-19(16-8-5-9-17(20)12-16)18-14-21(10-11-24-18)13-15-6-3-2-4-7-15/h2-9,12,18-19H,10-11,13-14H2,1H3/t18-,19?/m0/s1. The zero-order chi connectivity index (χ0) is 18.6. The zero-order valence-corrected chi connectivity index (χ0v) is 15.4. The molecule has 1 aliphatic heterocycles. The van der Waals surface area contributed by atoms with Crippen LogP contribution in [0.25, 0.3) is 0 Å². The molecule has 0 aromatic heterocycles. The van der Waals surface area contributed by atoms with Crippen LogP contribution in [0.3, 0.4) is 0 Å². The number of morpholine rings is 1. The fourth-order valence-corrected chi connectivity index (χ4v) is 3.72. The van der Waals surface area contributed by atoms with Crippen molar-refractivity contribution >= 4 is 10.1 Å². The SMILES string of the molecule is CS(=O)(=O)OC(c1cccc(F)c1)[C@@H]1CN(Cc2ccccc2)CCO1. The minimum absolute atomic E-state index is 0.443. The number of rotatable bonds is 6. The summed E-state index contributed by atoms with van der Waals surface area (Å²) < 4.78 is 48.2. The minimum Gasteiger partial charge on any atom is -0.372 e. The second-order valence-electron chi connectivity index (χ2n) is 6.41. The van der Waals surface area contributed by atoms with Crippen LogP contribution in [0.4, 0.5) is 4.39 Å². The Morgan fingerprint density at radius 2 is 2.00 bits per heavy atom. The van der Waals surface area contributed by atoms with Gasteiger partial charge in [-0.2, -0.15) is 8.42 Å². The van der Waals surface area contributed by atoms with Crippen LogP contribution in [0.15, 0.2) is 54.6 Å². The van der Waals surface area contributed by atoms with Crippen molar-refractivity contribution in [1.29, 1.82) is 0 Å². The molecule has 1 heterocycles. The molecule has 1 fully saturated rings. The quantitative estimate of drug-likeness (QED) is 0.723. The summed E-state index contributed by atoms with van der Waals surface area (Å²) in [4.78, 5) is 2.18. The average molecular weight is 379 g/mol. The molecule has 5 nitrogen and oxygen atoms in total. The Kier molecular flexibility index (Phi) is 6.03. The van der Waals surface area contributed by atoms with Gasteiger partial charge in [0.1, 0.15) is 18.0 Å². The van der Waals surface area contributed by atoms with Crippen molar-refractivity contribution in [2.75, 3.05) is 26.0 Å². The van der Waals surface area contributed by atoms with E-state index in [1.54, 1.807) is 6.07 Å². The van der Waals surface area contributed by atoms with Crippen molar-refractivity contribution < 1.29 is 21.7 Å². The first-order valence-electron chi connectivity index (χ1n) is 8.42. The van der Waals surface area contributed by atoms with Crippen LogP contribution in [0.5, 0.6) is 0 Å². The van der Waals surface area contributed by atoms with Crippen LogP contribution in [-0.2, 0) is 25.6 Å². The molecule has 0 spiro atoms. The van der Waals surface area contributed by atoms with Gasteiger partial charge in [-0.25, -0.2) is 4.39 Å². The second-order valence-corrected chi connectivity index (χ2v) is 8.01. The number of benzene rings is 2. The van der Waals surface area contributed by atoms with Crippen molar-refractivity contribution in [2.45, 2.75) is 18.8 Å². The van der Waals surface area contributed by atoms with Crippen LogP contribution >= 0.6 is 0 Å². The second kappa shape index (κ2) is 8.26. The molecule has 2 aromatic carbocycles. The fourth-order valence-electron chi connectivity index (χ4n) is 3.10. The zero-order valence-electron chi connectivity index (χ0n) is 14.5. The van der Waals surface area contributed by atoms with Crippen LogP contribution in [0, 0.1) is 5.82 Å². The first-order valence-corrected chi connectivity index (χ1v) is 10.2. The van der Waals surface area contributed by atoms with Crippen molar-refractivity contribution in [2.24, 2.45) is 0 Å². The normalized spacial score (nSPS) is 20.0. The molecule has 1 aliphatic rings. The van der Waals surface area contributed by atoms with E-state index >= 15 is 0 Å². The largest absolute Gasteiger partial charge is 0.372 e. The maximum absolute atomic E-state index is 13.6. The molecule has 3 rings (SSSR count). The monoisotopic (exact) mass is 379 g/mol. The summed E-state index contributed by atoms with van der Waals surface area (Å²) in [5.74, 6) is -0.443. The van der Waals surface area contributed by atoms with Gasteiger partial charge in [0.05, 0.1) is 12.9 Å². The first kappa shape index (κ1) is 19.0. The highest BCUT2D eigenvalue weighted by atomic mass is 32.2. The molecule has 140 valence electrons. The molecule has 0 aliphatic carbocycles. The number of nitrogens with zero attached hydrogens (tertiary/aromatic N) is 1. The molecule has 0 amide bonds. The first-order chi connectivity index (χ1) is 12.4. The molecule has 0 N–H and O–H groups in total. The van der Waals surface area contributed by atoms with Gasteiger partial charge in [-0.1, -0.05) is 42.5 Å². The highest BCUT2D eigenvalue weighted by Crippen LogP contribution is 2.28. The maximum Gasteiger partial charge on any atom is 0.265 e. The lowest BCUT2D eigenvalue weighted by Crippen LogP contribution is -2.45. The lowest BCUT2D eigenvalue weighted by Gasteiger charge is -2.36. The Labute approximate surface area is 153 Å². The summed E-state index contributed by atoms with van der Waals surface area (Å²) in [6, 6.07) is 15.8. The van der Waals surface area contributed by atoms with Crippen molar-refractivity contribution in [1.82, 2.24) is 4.90 Å². The van der Waals surface area contributed by atoms with Gasteiger partial charge in [-0.15, -0.1) is 0 Å². The van der Waals surface area contributed by atoms with E-state index in [2.05, 4.69) is 4.90 Å². The summed E-state index contributed by atoms with van der Waals surface area (Å²) in [5.41, 5.74) is 1.61. The number of hydrogen-bond donors (Lipinski definition) is 0. The molecule has 2 aromatic rings. The summed E-state index contributed by atoms with van der Waals surface area (Å²) in [7, 11) is -3.73. The van der Waals surface area contributed by atoms with E-state index in [4.69, 9.17) is 8.92 Å². The molecule has 1 unspecified atom stereocenters. The lowest BCUT2D eigenvalue weighted by atomic mass is 10.0. The van der Waals surface area contributed by atoms with Crippen molar-refractivity contribution in [3.63, 3.8) is 0 Å².